The molecule has 0 saturated heterocycles. The van der Waals surface area contributed by atoms with Crippen LogP contribution in [-0.4, -0.2) is 16.4 Å². The normalized spacial score (nSPS) is 17.3. The van der Waals surface area contributed by atoms with Crippen molar-refractivity contribution in [3.8, 4) is 0 Å². The molecule has 2 heteroatoms. The van der Waals surface area contributed by atoms with Gasteiger partial charge in [0.05, 0.1) is 6.04 Å². The number of aromatic nitrogens is 1. The van der Waals surface area contributed by atoms with Crippen LogP contribution in [0.2, 0.25) is 0 Å². The molecule has 1 aliphatic rings. The Bertz CT molecular complexity index is 1020. The second kappa shape index (κ2) is 6.47. The number of nitrogens with one attached hydrogen (secondary N) is 1. The summed E-state index contributed by atoms with van der Waals surface area (Å²) in [5, 5.41) is 1.38. The lowest BCUT2D eigenvalue weighted by Gasteiger charge is -2.36. The number of nitrogens with zero attached hydrogens (tertiary/aromatic N) is 1. The van der Waals surface area contributed by atoms with Gasteiger partial charge in [-0.05, 0) is 29.2 Å². The van der Waals surface area contributed by atoms with Gasteiger partial charge in [-0.25, -0.2) is 0 Å². The van der Waals surface area contributed by atoms with E-state index >= 15 is 0 Å². The highest BCUT2D eigenvalue weighted by Crippen LogP contribution is 2.38. The average Bonchev–Trinajstić information content (AvgIpc) is 3.08. The minimum absolute atomic E-state index is 0.271. The fourth-order valence-corrected chi connectivity index (χ4v) is 4.29. The predicted octanol–water partition coefficient (Wildman–Crippen LogP) is 5.32. The highest BCUT2D eigenvalue weighted by Gasteiger charge is 2.31. The third kappa shape index (κ3) is 2.63. The van der Waals surface area contributed by atoms with Crippen molar-refractivity contribution in [2.24, 2.45) is 0 Å². The SMILES string of the molecule is c1ccc(CN2CCc3c([nH]c4ccccc34)C2c2ccccc2)cc1. The summed E-state index contributed by atoms with van der Waals surface area (Å²) in [5.41, 5.74) is 6.82. The van der Waals surface area contributed by atoms with Crippen LogP contribution in [0, 0.1) is 0 Å². The molecule has 0 aliphatic carbocycles. The van der Waals surface area contributed by atoms with Gasteiger partial charge in [0.1, 0.15) is 0 Å². The van der Waals surface area contributed by atoms with E-state index < -0.39 is 0 Å². The maximum Gasteiger partial charge on any atom is 0.0760 e. The molecule has 1 N–H and O–H groups in total. The summed E-state index contributed by atoms with van der Waals surface area (Å²) in [6.07, 6.45) is 1.09. The second-order valence-electron chi connectivity index (χ2n) is 7.08. The molecular formula is C24H22N2. The van der Waals surface area contributed by atoms with Crippen LogP contribution in [-0.2, 0) is 13.0 Å². The fourth-order valence-electron chi connectivity index (χ4n) is 4.29. The number of H-pyrrole nitrogens is 1. The molecule has 0 amide bonds. The van der Waals surface area contributed by atoms with Crippen molar-refractivity contribution >= 4 is 10.9 Å². The Morgan fingerprint density at radius 3 is 2.31 bits per heavy atom. The van der Waals surface area contributed by atoms with Gasteiger partial charge in [0.2, 0.25) is 0 Å². The van der Waals surface area contributed by atoms with Gasteiger partial charge in [0, 0.05) is 29.7 Å². The van der Waals surface area contributed by atoms with Crippen LogP contribution in [0.1, 0.15) is 28.4 Å². The number of rotatable bonds is 3. The van der Waals surface area contributed by atoms with E-state index in [4.69, 9.17) is 0 Å². The first kappa shape index (κ1) is 15.4. The highest BCUT2D eigenvalue weighted by atomic mass is 15.2. The zero-order valence-electron chi connectivity index (χ0n) is 14.7. The van der Waals surface area contributed by atoms with Gasteiger partial charge in [0.15, 0.2) is 0 Å². The smallest absolute Gasteiger partial charge is 0.0760 e. The lowest BCUT2D eigenvalue weighted by Crippen LogP contribution is -2.35. The van der Waals surface area contributed by atoms with Crippen LogP contribution >= 0.6 is 0 Å². The van der Waals surface area contributed by atoms with E-state index in [1.54, 1.807) is 0 Å². The molecule has 1 aliphatic heterocycles. The van der Waals surface area contributed by atoms with Crippen LogP contribution in [0.5, 0.6) is 0 Å². The Balaban J connectivity index is 1.62. The average molecular weight is 338 g/mol. The van der Waals surface area contributed by atoms with Gasteiger partial charge >= 0.3 is 0 Å². The van der Waals surface area contributed by atoms with Gasteiger partial charge in [-0.3, -0.25) is 4.90 Å². The van der Waals surface area contributed by atoms with Crippen LogP contribution in [0.4, 0.5) is 0 Å². The number of fused-ring (bicyclic) bond motifs is 3. The van der Waals surface area contributed by atoms with Crippen molar-refractivity contribution in [1.29, 1.82) is 0 Å². The van der Waals surface area contributed by atoms with Gasteiger partial charge in [0.25, 0.3) is 0 Å². The van der Waals surface area contributed by atoms with Crippen molar-refractivity contribution in [1.82, 2.24) is 9.88 Å². The molecule has 3 aromatic carbocycles. The Morgan fingerprint density at radius 2 is 1.50 bits per heavy atom. The van der Waals surface area contributed by atoms with E-state index in [2.05, 4.69) is 94.8 Å². The number of hydrogen-bond donors (Lipinski definition) is 1. The van der Waals surface area contributed by atoms with Crippen molar-refractivity contribution < 1.29 is 0 Å². The minimum Gasteiger partial charge on any atom is -0.357 e. The monoisotopic (exact) mass is 338 g/mol. The molecule has 0 fully saturated rings. The quantitative estimate of drug-likeness (QED) is 0.536. The summed E-state index contributed by atoms with van der Waals surface area (Å²) < 4.78 is 0. The Morgan fingerprint density at radius 1 is 0.808 bits per heavy atom. The lowest BCUT2D eigenvalue weighted by atomic mass is 9.92. The Hall–Kier alpha value is -2.84. The topological polar surface area (TPSA) is 19.0 Å². The highest BCUT2D eigenvalue weighted by molar-refractivity contribution is 5.85. The Kier molecular flexibility index (Phi) is 3.84. The van der Waals surface area contributed by atoms with Crippen molar-refractivity contribution in [3.05, 3.63) is 107 Å². The summed E-state index contributed by atoms with van der Waals surface area (Å²) in [7, 11) is 0. The summed E-state index contributed by atoms with van der Waals surface area (Å²) in [5.74, 6) is 0. The maximum atomic E-state index is 3.74. The van der Waals surface area contributed by atoms with E-state index in [-0.39, 0.29) is 6.04 Å². The second-order valence-corrected chi connectivity index (χ2v) is 7.08. The van der Waals surface area contributed by atoms with Crippen molar-refractivity contribution in [3.63, 3.8) is 0 Å². The molecule has 1 aromatic heterocycles. The standard InChI is InChI=1S/C24H22N2/c1-3-9-18(10-4-1)17-26-16-15-21-20-13-7-8-14-22(20)25-23(21)24(26)19-11-5-2-6-12-19/h1-14,24-25H,15-17H2. The zero-order valence-corrected chi connectivity index (χ0v) is 14.7. The summed E-state index contributed by atoms with van der Waals surface area (Å²) >= 11 is 0. The molecule has 2 nitrogen and oxygen atoms in total. The molecule has 2 heterocycles. The van der Waals surface area contributed by atoms with Crippen molar-refractivity contribution in [2.45, 2.75) is 19.0 Å². The molecule has 5 rings (SSSR count). The summed E-state index contributed by atoms with van der Waals surface area (Å²) in [4.78, 5) is 6.34. The van der Waals surface area contributed by atoms with Gasteiger partial charge in [-0.2, -0.15) is 0 Å². The first-order chi connectivity index (χ1) is 12.9. The van der Waals surface area contributed by atoms with E-state index in [0.717, 1.165) is 19.5 Å². The van der Waals surface area contributed by atoms with Gasteiger partial charge < -0.3 is 4.98 Å². The molecule has 0 saturated carbocycles. The molecule has 26 heavy (non-hydrogen) atoms. The number of aromatic amines is 1. The van der Waals surface area contributed by atoms with Crippen LogP contribution < -0.4 is 0 Å². The molecule has 1 atom stereocenters. The summed E-state index contributed by atoms with van der Waals surface area (Å²) in [6, 6.07) is 30.7. The van der Waals surface area contributed by atoms with E-state index in [1.807, 2.05) is 0 Å². The van der Waals surface area contributed by atoms with E-state index in [9.17, 15) is 0 Å². The van der Waals surface area contributed by atoms with E-state index in [1.165, 1.54) is 33.3 Å². The van der Waals surface area contributed by atoms with Crippen molar-refractivity contribution in [2.75, 3.05) is 6.54 Å². The molecule has 128 valence electrons. The minimum atomic E-state index is 0.271. The molecule has 4 aromatic rings. The van der Waals surface area contributed by atoms with Gasteiger partial charge in [-0.15, -0.1) is 0 Å². The van der Waals surface area contributed by atoms with E-state index in [0.29, 0.717) is 0 Å². The molecule has 0 radical (unpaired) electrons. The molecular weight excluding hydrogens is 316 g/mol. The lowest BCUT2D eigenvalue weighted by molar-refractivity contribution is 0.202. The molecule has 0 bridgehead atoms. The van der Waals surface area contributed by atoms with Crippen LogP contribution in [0.3, 0.4) is 0 Å². The molecule has 0 spiro atoms. The largest absolute Gasteiger partial charge is 0.357 e. The number of benzene rings is 3. The fraction of sp³-hybridized carbons (Fsp3) is 0.167. The molecule has 1 unspecified atom stereocenters. The van der Waals surface area contributed by atoms with Crippen LogP contribution in [0.15, 0.2) is 84.9 Å². The first-order valence-electron chi connectivity index (χ1n) is 9.32. The first-order valence-corrected chi connectivity index (χ1v) is 9.32. The third-order valence-electron chi connectivity index (χ3n) is 5.48. The number of hydrogen-bond acceptors (Lipinski definition) is 1. The van der Waals surface area contributed by atoms with Gasteiger partial charge in [-0.1, -0.05) is 78.9 Å². The Labute approximate surface area is 154 Å². The predicted molar refractivity (Wildman–Crippen MR) is 107 cm³/mol. The maximum absolute atomic E-state index is 3.74. The summed E-state index contributed by atoms with van der Waals surface area (Å²) in [6.45, 7) is 2.04. The third-order valence-corrected chi connectivity index (χ3v) is 5.48. The number of para-hydroxylation sites is 1. The van der Waals surface area contributed by atoms with Crippen LogP contribution in [0.25, 0.3) is 10.9 Å². The zero-order chi connectivity index (χ0) is 17.3.